The van der Waals surface area contributed by atoms with Crippen molar-refractivity contribution in [1.82, 2.24) is 4.90 Å². The van der Waals surface area contributed by atoms with Crippen LogP contribution in [0.4, 0.5) is 4.39 Å². The van der Waals surface area contributed by atoms with Crippen molar-refractivity contribution in [1.29, 1.82) is 0 Å². The second-order valence-electron chi connectivity index (χ2n) is 5.89. The number of hydrogen-bond acceptors (Lipinski definition) is 4. The molecule has 0 fully saturated rings. The topological polar surface area (TPSA) is 49.8 Å². The maximum absolute atomic E-state index is 12.9. The average Bonchev–Trinajstić information content (AvgIpc) is 2.65. The molecule has 0 aliphatic carbocycles. The molecule has 2 aromatic rings. The van der Waals surface area contributed by atoms with Crippen molar-refractivity contribution in [2.45, 2.75) is 20.4 Å². The van der Waals surface area contributed by atoms with Crippen LogP contribution in [0.15, 0.2) is 42.5 Å². The van der Waals surface area contributed by atoms with Crippen molar-refractivity contribution in [2.24, 2.45) is 0 Å². The van der Waals surface area contributed by atoms with Crippen LogP contribution in [-0.4, -0.2) is 36.0 Å². The smallest absolute Gasteiger partial charge is 0.189 e. The first-order chi connectivity index (χ1) is 12.5. The van der Waals surface area contributed by atoms with Crippen molar-refractivity contribution >= 4 is 11.9 Å². The summed E-state index contributed by atoms with van der Waals surface area (Å²) < 4.78 is 18.3. The second-order valence-corrected chi connectivity index (χ2v) is 5.89. The Morgan fingerprint density at radius 3 is 2.42 bits per heavy atom. The van der Waals surface area contributed by atoms with E-state index < -0.39 is 0 Å². The molecule has 0 bridgehead atoms. The van der Waals surface area contributed by atoms with E-state index in [1.54, 1.807) is 24.3 Å². The van der Waals surface area contributed by atoms with Gasteiger partial charge in [-0.1, -0.05) is 32.1 Å². The zero-order valence-electron chi connectivity index (χ0n) is 15.3. The van der Waals surface area contributed by atoms with Crippen LogP contribution in [0.2, 0.25) is 0 Å². The lowest BCUT2D eigenvalue weighted by molar-refractivity contribution is 0.104. The highest BCUT2D eigenvalue weighted by Gasteiger charge is 2.15. The Balaban J connectivity index is 2.29. The number of carbonyl (C=O) groups is 1. The molecule has 0 radical (unpaired) electrons. The fourth-order valence-corrected chi connectivity index (χ4v) is 2.65. The fraction of sp³-hybridized carbons (Fsp3) is 0.286. The van der Waals surface area contributed by atoms with Crippen molar-refractivity contribution in [3.63, 3.8) is 0 Å². The molecule has 0 spiro atoms. The molecule has 0 aliphatic heterocycles. The zero-order chi connectivity index (χ0) is 19.1. The van der Waals surface area contributed by atoms with Crippen molar-refractivity contribution in [2.75, 3.05) is 20.2 Å². The number of carbonyl (C=O) groups excluding carboxylic acids is 1. The summed E-state index contributed by atoms with van der Waals surface area (Å²) in [5.74, 6) is -0.232. The Morgan fingerprint density at radius 1 is 1.19 bits per heavy atom. The van der Waals surface area contributed by atoms with E-state index in [0.717, 1.165) is 18.7 Å². The molecule has 0 amide bonds. The number of aromatic hydroxyl groups is 1. The largest absolute Gasteiger partial charge is 0.507 e. The molecule has 26 heavy (non-hydrogen) atoms. The summed E-state index contributed by atoms with van der Waals surface area (Å²) in [5.41, 5.74) is 1.76. The van der Waals surface area contributed by atoms with Gasteiger partial charge in [-0.2, -0.15) is 0 Å². The lowest BCUT2D eigenvalue weighted by Gasteiger charge is -2.20. The minimum Gasteiger partial charge on any atom is -0.507 e. The fourth-order valence-electron chi connectivity index (χ4n) is 2.65. The maximum Gasteiger partial charge on any atom is 0.189 e. The summed E-state index contributed by atoms with van der Waals surface area (Å²) in [6, 6.07) is 8.97. The molecule has 5 heteroatoms. The minimum atomic E-state index is -0.331. The van der Waals surface area contributed by atoms with E-state index in [2.05, 4.69) is 18.7 Å². The van der Waals surface area contributed by atoms with E-state index in [-0.39, 0.29) is 22.9 Å². The molecular formula is C21H24FNO3. The van der Waals surface area contributed by atoms with Crippen LogP contribution in [-0.2, 0) is 6.54 Å². The van der Waals surface area contributed by atoms with Crippen LogP contribution in [0, 0.1) is 5.82 Å². The summed E-state index contributed by atoms with van der Waals surface area (Å²) in [6.45, 7) is 6.49. The summed E-state index contributed by atoms with van der Waals surface area (Å²) in [6.07, 6.45) is 2.96. The van der Waals surface area contributed by atoms with Gasteiger partial charge in [0.2, 0.25) is 0 Å². The predicted octanol–water partition coefficient (Wildman–Crippen LogP) is 4.28. The normalized spacial score (nSPS) is 11.3. The van der Waals surface area contributed by atoms with E-state index in [1.165, 1.54) is 31.4 Å². The van der Waals surface area contributed by atoms with Gasteiger partial charge in [0.05, 0.1) is 12.7 Å². The molecule has 0 aliphatic rings. The number of ketones is 1. The lowest BCUT2D eigenvalue weighted by Crippen LogP contribution is -2.22. The molecule has 0 saturated heterocycles. The first-order valence-corrected chi connectivity index (χ1v) is 8.58. The number of ether oxygens (including phenoxy) is 1. The average molecular weight is 357 g/mol. The third-order valence-corrected chi connectivity index (χ3v) is 4.25. The molecular weight excluding hydrogens is 333 g/mol. The van der Waals surface area contributed by atoms with E-state index >= 15 is 0 Å². The van der Waals surface area contributed by atoms with Crippen LogP contribution in [0.25, 0.3) is 6.08 Å². The van der Waals surface area contributed by atoms with Crippen molar-refractivity contribution in [3.8, 4) is 11.5 Å². The second kappa shape index (κ2) is 9.15. The van der Waals surface area contributed by atoms with Crippen LogP contribution in [0.1, 0.15) is 35.3 Å². The van der Waals surface area contributed by atoms with Crippen LogP contribution >= 0.6 is 0 Å². The number of phenolic OH excluding ortho intramolecular Hbond substituents is 1. The van der Waals surface area contributed by atoms with Gasteiger partial charge in [0.15, 0.2) is 5.78 Å². The Kier molecular flexibility index (Phi) is 6.92. The molecule has 138 valence electrons. The van der Waals surface area contributed by atoms with Gasteiger partial charge in [0.25, 0.3) is 0 Å². The Hall–Kier alpha value is -2.66. The third-order valence-electron chi connectivity index (χ3n) is 4.25. The van der Waals surface area contributed by atoms with Gasteiger partial charge in [-0.25, -0.2) is 4.39 Å². The van der Waals surface area contributed by atoms with Gasteiger partial charge in [-0.15, -0.1) is 0 Å². The Bertz CT molecular complexity index is 781. The number of halogens is 1. The molecule has 2 rings (SSSR count). The number of methoxy groups -OCH3 is 1. The highest BCUT2D eigenvalue weighted by Crippen LogP contribution is 2.30. The van der Waals surface area contributed by atoms with Gasteiger partial charge in [0.1, 0.15) is 17.3 Å². The molecule has 0 unspecified atom stereocenters. The highest BCUT2D eigenvalue weighted by molar-refractivity contribution is 6.08. The van der Waals surface area contributed by atoms with Crippen molar-refractivity contribution in [3.05, 3.63) is 65.0 Å². The van der Waals surface area contributed by atoms with E-state index in [0.29, 0.717) is 17.9 Å². The van der Waals surface area contributed by atoms with E-state index in [1.807, 2.05) is 0 Å². The Labute approximate surface area is 153 Å². The summed E-state index contributed by atoms with van der Waals surface area (Å²) >= 11 is 0. The molecule has 1 N–H and O–H groups in total. The van der Waals surface area contributed by atoms with Gasteiger partial charge < -0.3 is 9.84 Å². The molecule has 2 aromatic carbocycles. The predicted molar refractivity (Wildman–Crippen MR) is 101 cm³/mol. The quantitative estimate of drug-likeness (QED) is 0.566. The molecule has 0 aromatic heterocycles. The van der Waals surface area contributed by atoms with Crippen LogP contribution in [0.5, 0.6) is 11.5 Å². The zero-order valence-corrected chi connectivity index (χ0v) is 15.3. The molecule has 4 nitrogen and oxygen atoms in total. The number of allylic oxidation sites excluding steroid dienone is 1. The number of benzene rings is 2. The lowest BCUT2D eigenvalue weighted by atomic mass is 10.0. The maximum atomic E-state index is 12.9. The number of nitrogens with zero attached hydrogens (tertiary/aromatic N) is 1. The summed E-state index contributed by atoms with van der Waals surface area (Å²) in [7, 11) is 1.54. The molecule has 0 heterocycles. The number of phenols is 1. The van der Waals surface area contributed by atoms with Crippen molar-refractivity contribution < 1.29 is 19.0 Å². The van der Waals surface area contributed by atoms with Crippen LogP contribution < -0.4 is 4.74 Å². The van der Waals surface area contributed by atoms with Gasteiger partial charge in [0, 0.05) is 18.2 Å². The highest BCUT2D eigenvalue weighted by atomic mass is 19.1. The third kappa shape index (κ3) is 4.92. The van der Waals surface area contributed by atoms with Crippen LogP contribution in [0.3, 0.4) is 0 Å². The number of hydrogen-bond donors (Lipinski definition) is 1. The Morgan fingerprint density at radius 2 is 1.85 bits per heavy atom. The summed E-state index contributed by atoms with van der Waals surface area (Å²) in [5, 5.41) is 10.2. The standard InChI is InChI=1S/C21H24FNO3/c1-4-23(5-2)14-16-12-18(20(25)13-21(16)26-3)19(24)11-8-15-6-9-17(22)10-7-15/h6-13,25H,4-5,14H2,1-3H3/b11-8+. The molecule has 0 saturated carbocycles. The van der Waals surface area contributed by atoms with Gasteiger partial charge >= 0.3 is 0 Å². The number of rotatable bonds is 8. The SMILES string of the molecule is CCN(CC)Cc1cc(C(=O)/C=C/c2ccc(F)cc2)c(O)cc1OC. The monoisotopic (exact) mass is 357 g/mol. The van der Waals surface area contributed by atoms with E-state index in [4.69, 9.17) is 4.74 Å². The first-order valence-electron chi connectivity index (χ1n) is 8.58. The molecule has 0 atom stereocenters. The van der Waals surface area contributed by atoms with E-state index in [9.17, 15) is 14.3 Å². The minimum absolute atomic E-state index is 0.126. The summed E-state index contributed by atoms with van der Waals surface area (Å²) in [4.78, 5) is 14.7. The van der Waals surface area contributed by atoms with Gasteiger partial charge in [-0.3, -0.25) is 9.69 Å². The van der Waals surface area contributed by atoms with Gasteiger partial charge in [-0.05, 0) is 42.9 Å². The first kappa shape index (κ1) is 19.7.